The molecule has 2 heterocycles. The number of nitrogens with zero attached hydrogens (tertiary/aromatic N) is 2. The Bertz CT molecular complexity index is 1260. The lowest BCUT2D eigenvalue weighted by Crippen LogP contribution is -2.44. The van der Waals surface area contributed by atoms with Crippen molar-refractivity contribution in [3.05, 3.63) is 102 Å². The van der Waals surface area contributed by atoms with Crippen LogP contribution in [0.4, 0.5) is 0 Å². The van der Waals surface area contributed by atoms with E-state index >= 15 is 0 Å². The lowest BCUT2D eigenvalue weighted by atomic mass is 9.86. The van der Waals surface area contributed by atoms with Gasteiger partial charge in [0.25, 0.3) is 0 Å². The predicted molar refractivity (Wildman–Crippen MR) is 155 cm³/mol. The lowest BCUT2D eigenvalue weighted by Gasteiger charge is -2.43. The van der Waals surface area contributed by atoms with Crippen LogP contribution < -0.4 is 5.30 Å². The molecule has 190 valence electrons. The molecule has 2 aliphatic heterocycles. The van der Waals surface area contributed by atoms with Gasteiger partial charge in [0.15, 0.2) is 0 Å². The third kappa shape index (κ3) is 4.57. The fourth-order valence-electron chi connectivity index (χ4n) is 6.79. The van der Waals surface area contributed by atoms with Crippen molar-refractivity contribution in [2.75, 3.05) is 0 Å². The van der Waals surface area contributed by atoms with E-state index in [2.05, 4.69) is 104 Å². The van der Waals surface area contributed by atoms with Gasteiger partial charge >= 0.3 is 0 Å². The molecule has 1 aliphatic carbocycles. The Kier molecular flexibility index (Phi) is 7.00. The Labute approximate surface area is 222 Å². The summed E-state index contributed by atoms with van der Waals surface area (Å²) in [5.74, 6) is 1.24. The highest BCUT2D eigenvalue weighted by Crippen LogP contribution is 2.59. The Hall–Kier alpha value is -2.77. The van der Waals surface area contributed by atoms with Crippen LogP contribution >= 0.6 is 7.92 Å². The Morgan fingerprint density at radius 3 is 2.03 bits per heavy atom. The van der Waals surface area contributed by atoms with Crippen LogP contribution in [0.1, 0.15) is 81.1 Å². The van der Waals surface area contributed by atoms with Crippen LogP contribution in [-0.2, 0) is 4.79 Å². The van der Waals surface area contributed by atoms with Crippen LogP contribution in [0.15, 0.2) is 89.9 Å². The number of hydrogen-bond acceptors (Lipinski definition) is 2. The van der Waals surface area contributed by atoms with E-state index in [1.807, 2.05) is 0 Å². The zero-order valence-corrected chi connectivity index (χ0v) is 22.9. The molecule has 0 bridgehead atoms. The highest BCUT2D eigenvalue weighted by atomic mass is 31.1. The predicted octanol–water partition coefficient (Wildman–Crippen LogP) is 7.63. The Balaban J connectivity index is 1.52. The molecule has 6 rings (SSSR count). The summed E-state index contributed by atoms with van der Waals surface area (Å²) in [7, 11) is -0.261. The van der Waals surface area contributed by atoms with E-state index in [1.165, 1.54) is 29.3 Å². The first kappa shape index (κ1) is 24.6. The van der Waals surface area contributed by atoms with Gasteiger partial charge in [0, 0.05) is 11.5 Å². The molecular weight excluding hydrogens is 471 g/mol. The standard InChI is InChI=1S/C33H37N2OP/c1-23-22-24(2)37(23)29-21-13-12-20-28(29)32-34-30(25-14-6-3-7-15-25)31(26-16-8-4-9-17-26)35(32)33(36)27-18-10-5-11-19-27/h3-4,6-9,12-17,20-21,23-24,27,30-31H,5,10-11,18-19,22H2,1-2H3/t23?,24?,30-,31-,37?/m1/s1. The topological polar surface area (TPSA) is 32.7 Å². The van der Waals surface area contributed by atoms with Crippen LogP contribution in [-0.4, -0.2) is 28.0 Å². The van der Waals surface area contributed by atoms with Gasteiger partial charge in [0.1, 0.15) is 11.9 Å². The van der Waals surface area contributed by atoms with Gasteiger partial charge in [0.05, 0.1) is 6.04 Å². The van der Waals surface area contributed by atoms with E-state index in [4.69, 9.17) is 4.99 Å². The molecule has 4 atom stereocenters. The molecule has 3 aliphatic rings. The molecule has 0 N–H and O–H groups in total. The van der Waals surface area contributed by atoms with E-state index in [1.54, 1.807) is 0 Å². The summed E-state index contributed by atoms with van der Waals surface area (Å²) in [4.78, 5) is 22.1. The van der Waals surface area contributed by atoms with Gasteiger partial charge in [-0.1, -0.05) is 126 Å². The summed E-state index contributed by atoms with van der Waals surface area (Å²) in [6.07, 6.45) is 6.79. The molecule has 2 unspecified atom stereocenters. The van der Waals surface area contributed by atoms with Gasteiger partial charge in [-0.15, -0.1) is 0 Å². The molecule has 4 heteroatoms. The second kappa shape index (κ2) is 10.5. The Morgan fingerprint density at radius 1 is 0.784 bits per heavy atom. The van der Waals surface area contributed by atoms with Crippen LogP contribution in [0.3, 0.4) is 0 Å². The summed E-state index contributed by atoms with van der Waals surface area (Å²) >= 11 is 0. The Morgan fingerprint density at radius 2 is 1.38 bits per heavy atom. The van der Waals surface area contributed by atoms with Crippen molar-refractivity contribution < 1.29 is 4.79 Å². The summed E-state index contributed by atoms with van der Waals surface area (Å²) in [5, 5.41) is 1.42. The van der Waals surface area contributed by atoms with E-state index in [-0.39, 0.29) is 31.8 Å². The summed E-state index contributed by atoms with van der Waals surface area (Å²) in [6, 6.07) is 29.7. The fourth-order valence-corrected chi connectivity index (χ4v) is 10.0. The number of benzene rings is 3. The maximum atomic E-state index is 14.5. The van der Waals surface area contributed by atoms with E-state index < -0.39 is 0 Å². The first-order valence-electron chi connectivity index (χ1n) is 14.0. The molecule has 2 fully saturated rings. The highest BCUT2D eigenvalue weighted by molar-refractivity contribution is 7.68. The summed E-state index contributed by atoms with van der Waals surface area (Å²) < 4.78 is 0. The zero-order chi connectivity index (χ0) is 25.4. The summed E-state index contributed by atoms with van der Waals surface area (Å²) in [5.41, 5.74) is 4.93. The second-order valence-electron chi connectivity index (χ2n) is 11.1. The molecule has 3 aromatic rings. The molecule has 0 aromatic heterocycles. The number of hydrogen-bond donors (Lipinski definition) is 0. The minimum atomic E-state index is -0.261. The van der Waals surface area contributed by atoms with Crippen LogP contribution in [0, 0.1) is 5.92 Å². The number of amides is 1. The number of carbonyl (C=O) groups excluding carboxylic acids is 1. The van der Waals surface area contributed by atoms with Crippen molar-refractivity contribution >= 4 is 25.0 Å². The first-order chi connectivity index (χ1) is 18.1. The smallest absolute Gasteiger partial charge is 0.231 e. The van der Waals surface area contributed by atoms with E-state index in [9.17, 15) is 4.79 Å². The third-order valence-electron chi connectivity index (χ3n) is 8.60. The van der Waals surface area contributed by atoms with Gasteiger partial charge in [-0.05, 0) is 47.0 Å². The lowest BCUT2D eigenvalue weighted by molar-refractivity contribution is -0.134. The van der Waals surface area contributed by atoms with Gasteiger partial charge in [-0.2, -0.15) is 0 Å². The van der Waals surface area contributed by atoms with Gasteiger partial charge in [0.2, 0.25) is 5.91 Å². The molecular formula is C33H37N2OP. The number of aliphatic imine (C=N–C) groups is 1. The normalized spacial score (nSPS) is 28.0. The first-order valence-corrected chi connectivity index (χ1v) is 15.5. The molecule has 1 saturated heterocycles. The van der Waals surface area contributed by atoms with Crippen molar-refractivity contribution in [1.82, 2.24) is 4.90 Å². The number of amidine groups is 1. The minimum Gasteiger partial charge on any atom is -0.286 e. The molecule has 37 heavy (non-hydrogen) atoms. The van der Waals surface area contributed by atoms with Crippen LogP contribution in [0.2, 0.25) is 0 Å². The van der Waals surface area contributed by atoms with Crippen LogP contribution in [0.25, 0.3) is 0 Å². The number of rotatable bonds is 5. The van der Waals surface area contributed by atoms with Crippen LogP contribution in [0.5, 0.6) is 0 Å². The average molecular weight is 509 g/mol. The molecule has 3 nitrogen and oxygen atoms in total. The van der Waals surface area contributed by atoms with Gasteiger partial charge < -0.3 is 0 Å². The minimum absolute atomic E-state index is 0.0825. The molecule has 0 spiro atoms. The van der Waals surface area contributed by atoms with Crippen molar-refractivity contribution in [2.45, 2.75) is 75.8 Å². The van der Waals surface area contributed by atoms with Gasteiger partial charge in [-0.3, -0.25) is 14.7 Å². The molecule has 3 aromatic carbocycles. The fraction of sp³-hybridized carbons (Fsp3) is 0.394. The maximum Gasteiger partial charge on any atom is 0.231 e. The van der Waals surface area contributed by atoms with E-state index in [0.29, 0.717) is 11.3 Å². The zero-order valence-electron chi connectivity index (χ0n) is 22.0. The van der Waals surface area contributed by atoms with Crippen molar-refractivity contribution in [3.63, 3.8) is 0 Å². The maximum absolute atomic E-state index is 14.5. The SMILES string of the molecule is CC1CC(C)P1c1ccccc1C1=N[C@H](c2ccccc2)[C@@H](c2ccccc2)N1C(=O)C1CCCCC1. The van der Waals surface area contributed by atoms with E-state index in [0.717, 1.165) is 37.1 Å². The third-order valence-corrected chi connectivity index (χ3v) is 11.9. The molecule has 0 radical (unpaired) electrons. The quantitative estimate of drug-likeness (QED) is 0.326. The molecule has 1 saturated carbocycles. The molecule has 1 amide bonds. The highest BCUT2D eigenvalue weighted by Gasteiger charge is 2.46. The monoisotopic (exact) mass is 508 g/mol. The van der Waals surface area contributed by atoms with Crippen molar-refractivity contribution in [3.8, 4) is 0 Å². The van der Waals surface area contributed by atoms with Crippen molar-refractivity contribution in [2.24, 2.45) is 10.9 Å². The van der Waals surface area contributed by atoms with Gasteiger partial charge in [-0.25, -0.2) is 0 Å². The summed E-state index contributed by atoms with van der Waals surface area (Å²) in [6.45, 7) is 4.78. The average Bonchev–Trinajstić information content (AvgIpc) is 3.35. The largest absolute Gasteiger partial charge is 0.286 e. The second-order valence-corrected chi connectivity index (χ2v) is 14.1. The van der Waals surface area contributed by atoms with Crippen molar-refractivity contribution in [1.29, 1.82) is 0 Å². The number of carbonyl (C=O) groups is 1.